The van der Waals surface area contributed by atoms with Gasteiger partial charge >= 0.3 is 0 Å². The number of thiophene rings is 1. The molecule has 0 aliphatic rings. The summed E-state index contributed by atoms with van der Waals surface area (Å²) in [5.41, 5.74) is 1.04. The molecule has 1 aromatic rings. The Kier molecular flexibility index (Phi) is 7.15. The molecule has 0 amide bonds. The standard InChI is InChI=1S/C14H26N2O2S2/c1-5-8-15-10-12-9-14(19-11-12)20(17,18)16(4)13(6-2)7-3/h9,11,13,15H,5-8,10H2,1-4H3. The second-order valence-corrected chi connectivity index (χ2v) is 8.08. The Morgan fingerprint density at radius 3 is 2.50 bits per heavy atom. The Bertz CT molecular complexity index is 493. The Morgan fingerprint density at radius 1 is 1.30 bits per heavy atom. The van der Waals surface area contributed by atoms with Crippen molar-refractivity contribution in [2.75, 3.05) is 13.6 Å². The fraction of sp³-hybridized carbons (Fsp3) is 0.714. The molecule has 0 aliphatic heterocycles. The molecule has 6 heteroatoms. The van der Waals surface area contributed by atoms with Crippen molar-refractivity contribution in [1.82, 2.24) is 9.62 Å². The molecule has 0 aromatic carbocycles. The zero-order valence-corrected chi connectivity index (χ0v) is 14.5. The van der Waals surface area contributed by atoms with Crippen LogP contribution in [0.2, 0.25) is 0 Å². The predicted molar refractivity (Wildman–Crippen MR) is 85.6 cm³/mol. The van der Waals surface area contributed by atoms with Crippen LogP contribution in [0.15, 0.2) is 15.7 Å². The van der Waals surface area contributed by atoms with Gasteiger partial charge in [-0.25, -0.2) is 8.42 Å². The van der Waals surface area contributed by atoms with E-state index in [4.69, 9.17) is 0 Å². The Hall–Kier alpha value is -0.430. The molecule has 0 spiro atoms. The van der Waals surface area contributed by atoms with Gasteiger partial charge in [0.05, 0.1) is 0 Å². The third kappa shape index (κ3) is 4.28. The highest BCUT2D eigenvalue weighted by Crippen LogP contribution is 2.25. The fourth-order valence-corrected chi connectivity index (χ4v) is 5.03. The van der Waals surface area contributed by atoms with Crippen molar-refractivity contribution >= 4 is 21.4 Å². The van der Waals surface area contributed by atoms with Crippen LogP contribution in [-0.2, 0) is 16.6 Å². The Morgan fingerprint density at radius 2 is 1.95 bits per heavy atom. The minimum absolute atomic E-state index is 0.0729. The summed E-state index contributed by atoms with van der Waals surface area (Å²) in [4.78, 5) is 0. The quantitative estimate of drug-likeness (QED) is 0.712. The van der Waals surface area contributed by atoms with Gasteiger partial charge in [0.15, 0.2) is 0 Å². The van der Waals surface area contributed by atoms with Crippen LogP contribution in [0.5, 0.6) is 0 Å². The maximum Gasteiger partial charge on any atom is 0.252 e. The van der Waals surface area contributed by atoms with Crippen molar-refractivity contribution < 1.29 is 8.42 Å². The molecule has 1 N–H and O–H groups in total. The smallest absolute Gasteiger partial charge is 0.252 e. The van der Waals surface area contributed by atoms with Crippen LogP contribution < -0.4 is 5.32 Å². The second-order valence-electron chi connectivity index (χ2n) is 4.94. The lowest BCUT2D eigenvalue weighted by Gasteiger charge is -2.24. The SMILES string of the molecule is CCCNCc1csc(S(=O)(=O)N(C)C(CC)CC)c1. The molecule has 1 rings (SSSR count). The van der Waals surface area contributed by atoms with Crippen LogP contribution in [0.1, 0.15) is 45.6 Å². The molecule has 116 valence electrons. The summed E-state index contributed by atoms with van der Waals surface area (Å²) >= 11 is 1.31. The molecule has 20 heavy (non-hydrogen) atoms. The van der Waals surface area contributed by atoms with Crippen molar-refractivity contribution in [3.05, 3.63) is 17.0 Å². The molecule has 0 atom stereocenters. The highest BCUT2D eigenvalue weighted by molar-refractivity contribution is 7.91. The maximum absolute atomic E-state index is 12.6. The highest BCUT2D eigenvalue weighted by atomic mass is 32.2. The molecule has 0 fully saturated rings. The third-order valence-electron chi connectivity index (χ3n) is 3.48. The maximum atomic E-state index is 12.6. The third-order valence-corrected chi connectivity index (χ3v) is 6.85. The number of rotatable bonds is 9. The molecular weight excluding hydrogens is 292 g/mol. The number of sulfonamides is 1. The average molecular weight is 319 g/mol. The predicted octanol–water partition coefficient (Wildman–Crippen LogP) is 3.06. The van der Waals surface area contributed by atoms with Gasteiger partial charge < -0.3 is 5.32 Å². The summed E-state index contributed by atoms with van der Waals surface area (Å²) < 4.78 is 27.1. The molecule has 4 nitrogen and oxygen atoms in total. The van der Waals surface area contributed by atoms with E-state index in [1.165, 1.54) is 15.6 Å². The van der Waals surface area contributed by atoms with E-state index in [0.717, 1.165) is 37.9 Å². The molecule has 0 bridgehead atoms. The van der Waals surface area contributed by atoms with Gasteiger partial charge in [-0.2, -0.15) is 4.31 Å². The molecule has 0 unspecified atom stereocenters. The molecular formula is C14H26N2O2S2. The van der Waals surface area contributed by atoms with E-state index in [-0.39, 0.29) is 6.04 Å². The van der Waals surface area contributed by atoms with Crippen LogP contribution in [-0.4, -0.2) is 32.4 Å². The molecule has 0 radical (unpaired) electrons. The first kappa shape index (κ1) is 17.6. The van der Waals surface area contributed by atoms with E-state index in [1.807, 2.05) is 19.2 Å². The molecule has 1 heterocycles. The zero-order valence-electron chi connectivity index (χ0n) is 12.8. The average Bonchev–Trinajstić information content (AvgIpc) is 2.90. The van der Waals surface area contributed by atoms with E-state index < -0.39 is 10.0 Å². The summed E-state index contributed by atoms with van der Waals surface area (Å²) in [5.74, 6) is 0. The van der Waals surface area contributed by atoms with Gasteiger partial charge in [-0.15, -0.1) is 11.3 Å². The summed E-state index contributed by atoms with van der Waals surface area (Å²) in [7, 11) is -1.67. The lowest BCUT2D eigenvalue weighted by molar-refractivity contribution is 0.350. The second kappa shape index (κ2) is 8.12. The van der Waals surface area contributed by atoms with Crippen molar-refractivity contribution in [1.29, 1.82) is 0 Å². The van der Waals surface area contributed by atoms with Crippen LogP contribution in [0.25, 0.3) is 0 Å². The van der Waals surface area contributed by atoms with Gasteiger partial charge in [-0.1, -0.05) is 20.8 Å². The number of nitrogens with zero attached hydrogens (tertiary/aromatic N) is 1. The lowest BCUT2D eigenvalue weighted by Crippen LogP contribution is -2.35. The lowest BCUT2D eigenvalue weighted by atomic mass is 10.2. The van der Waals surface area contributed by atoms with E-state index in [0.29, 0.717) is 4.21 Å². The van der Waals surface area contributed by atoms with Crippen LogP contribution in [0, 0.1) is 0 Å². The summed E-state index contributed by atoms with van der Waals surface area (Å²) in [5, 5.41) is 5.22. The van der Waals surface area contributed by atoms with Gasteiger partial charge in [0.2, 0.25) is 0 Å². The topological polar surface area (TPSA) is 49.4 Å². The summed E-state index contributed by atoms with van der Waals surface area (Å²) in [6.45, 7) is 7.84. The Labute approximate surface area is 127 Å². The minimum Gasteiger partial charge on any atom is -0.313 e. The first-order chi connectivity index (χ1) is 9.47. The first-order valence-corrected chi connectivity index (χ1v) is 9.55. The van der Waals surface area contributed by atoms with Crippen molar-refractivity contribution in [3.63, 3.8) is 0 Å². The van der Waals surface area contributed by atoms with Crippen LogP contribution in [0.4, 0.5) is 0 Å². The molecule has 0 aliphatic carbocycles. The van der Waals surface area contributed by atoms with Crippen molar-refractivity contribution in [2.24, 2.45) is 0 Å². The summed E-state index contributed by atoms with van der Waals surface area (Å²) in [6, 6.07) is 1.87. The van der Waals surface area contributed by atoms with Gasteiger partial charge in [-0.05, 0) is 42.8 Å². The van der Waals surface area contributed by atoms with Gasteiger partial charge in [-0.3, -0.25) is 0 Å². The number of hydrogen-bond acceptors (Lipinski definition) is 4. The van der Waals surface area contributed by atoms with Gasteiger partial charge in [0.1, 0.15) is 4.21 Å². The molecule has 0 saturated carbocycles. The number of nitrogens with one attached hydrogen (secondary N) is 1. The number of hydrogen-bond donors (Lipinski definition) is 1. The normalized spacial score (nSPS) is 12.5. The van der Waals surface area contributed by atoms with E-state index >= 15 is 0 Å². The zero-order chi connectivity index (χ0) is 15.2. The van der Waals surface area contributed by atoms with Gasteiger partial charge in [0, 0.05) is 19.6 Å². The van der Waals surface area contributed by atoms with E-state index in [1.54, 1.807) is 13.1 Å². The minimum atomic E-state index is -3.35. The van der Waals surface area contributed by atoms with Crippen LogP contribution >= 0.6 is 11.3 Å². The highest BCUT2D eigenvalue weighted by Gasteiger charge is 2.27. The van der Waals surface area contributed by atoms with Crippen LogP contribution in [0.3, 0.4) is 0 Å². The fourth-order valence-electron chi connectivity index (χ4n) is 2.13. The largest absolute Gasteiger partial charge is 0.313 e. The van der Waals surface area contributed by atoms with E-state index in [9.17, 15) is 8.42 Å². The first-order valence-electron chi connectivity index (χ1n) is 7.23. The van der Waals surface area contributed by atoms with Gasteiger partial charge in [0.25, 0.3) is 10.0 Å². The monoisotopic (exact) mass is 318 g/mol. The van der Waals surface area contributed by atoms with Crippen molar-refractivity contribution in [2.45, 2.75) is 56.8 Å². The van der Waals surface area contributed by atoms with Crippen molar-refractivity contribution in [3.8, 4) is 0 Å². The Balaban J connectivity index is 2.82. The van der Waals surface area contributed by atoms with E-state index in [2.05, 4.69) is 12.2 Å². The molecule has 1 aromatic heterocycles. The molecule has 0 saturated heterocycles. The summed E-state index contributed by atoms with van der Waals surface area (Å²) in [6.07, 6.45) is 2.75.